The minimum atomic E-state index is -1.70. The van der Waals surface area contributed by atoms with Crippen LogP contribution in [0.4, 0.5) is 0 Å². The monoisotopic (exact) mass is 947 g/mol. The Hall–Kier alpha value is -1.27. The van der Waals surface area contributed by atoms with Gasteiger partial charge in [0.25, 0.3) is 0 Å². The standard InChI is InChI=1S/C52H98O14/c1-3-5-7-9-11-13-15-17-19-21-23-25-27-29-31-33-35-44(54)64-41(38-61-36-34-32-30-28-26-24-22-20-18-16-14-12-10-8-6-4-2)39-62-51-50(60)48(58)46(56)43(66-51)40-63-52-49(59)47(57)45(55)42(37-53)65-52/h19,21,41-43,45-53,55-60H,3-18,20,22-40H2,1-2H3/b21-19-. The predicted octanol–water partition coefficient (Wildman–Crippen LogP) is 8.24. The van der Waals surface area contributed by atoms with Crippen LogP contribution in [0.15, 0.2) is 12.2 Å². The number of rotatable bonds is 43. The van der Waals surface area contributed by atoms with Gasteiger partial charge in [0.2, 0.25) is 0 Å². The maximum Gasteiger partial charge on any atom is 0.306 e. The third-order valence-electron chi connectivity index (χ3n) is 13.0. The van der Waals surface area contributed by atoms with Crippen molar-refractivity contribution in [2.75, 3.05) is 33.0 Å². The Balaban J connectivity index is 1.76. The van der Waals surface area contributed by atoms with Crippen LogP contribution >= 0.6 is 0 Å². The molecule has 14 nitrogen and oxygen atoms in total. The fraction of sp³-hybridized carbons (Fsp3) is 0.942. The molecule has 0 radical (unpaired) electrons. The highest BCUT2D eigenvalue weighted by atomic mass is 16.7. The van der Waals surface area contributed by atoms with Crippen LogP contribution in [0.2, 0.25) is 0 Å². The number of unbranched alkanes of at least 4 members (excludes halogenated alkanes) is 27. The molecule has 7 N–H and O–H groups in total. The highest BCUT2D eigenvalue weighted by molar-refractivity contribution is 5.69. The fourth-order valence-corrected chi connectivity index (χ4v) is 8.63. The van der Waals surface area contributed by atoms with Gasteiger partial charge in [-0.15, -0.1) is 0 Å². The lowest BCUT2D eigenvalue weighted by molar-refractivity contribution is -0.332. The number of carbonyl (C=O) groups excluding carboxylic acids is 1. The summed E-state index contributed by atoms with van der Waals surface area (Å²) >= 11 is 0. The predicted molar refractivity (Wildman–Crippen MR) is 257 cm³/mol. The van der Waals surface area contributed by atoms with Crippen molar-refractivity contribution in [3.63, 3.8) is 0 Å². The molecular weight excluding hydrogens is 849 g/mol. The van der Waals surface area contributed by atoms with Crippen LogP contribution < -0.4 is 0 Å². The van der Waals surface area contributed by atoms with Gasteiger partial charge >= 0.3 is 5.97 Å². The first-order chi connectivity index (χ1) is 32.1. The minimum Gasteiger partial charge on any atom is -0.457 e. The van der Waals surface area contributed by atoms with Gasteiger partial charge in [-0.2, -0.15) is 0 Å². The number of aliphatic hydroxyl groups excluding tert-OH is 7. The number of ether oxygens (including phenoxy) is 6. The first kappa shape index (κ1) is 60.9. The van der Waals surface area contributed by atoms with Crippen molar-refractivity contribution in [1.82, 2.24) is 0 Å². The van der Waals surface area contributed by atoms with Crippen molar-refractivity contribution >= 4 is 5.97 Å². The molecule has 0 spiro atoms. The van der Waals surface area contributed by atoms with Gasteiger partial charge in [-0.25, -0.2) is 0 Å². The van der Waals surface area contributed by atoms with Gasteiger partial charge in [-0.05, 0) is 38.5 Å². The molecule has 390 valence electrons. The van der Waals surface area contributed by atoms with Crippen molar-refractivity contribution in [3.8, 4) is 0 Å². The summed E-state index contributed by atoms with van der Waals surface area (Å²) in [5.41, 5.74) is 0. The van der Waals surface area contributed by atoms with Gasteiger partial charge in [0.05, 0.1) is 26.4 Å². The third kappa shape index (κ3) is 27.8. The molecule has 2 saturated heterocycles. The van der Waals surface area contributed by atoms with E-state index in [0.29, 0.717) is 13.0 Å². The molecule has 66 heavy (non-hydrogen) atoms. The zero-order valence-corrected chi connectivity index (χ0v) is 41.4. The molecule has 14 heteroatoms. The van der Waals surface area contributed by atoms with Crippen LogP contribution in [-0.4, -0.2) is 142 Å². The van der Waals surface area contributed by atoms with Crippen molar-refractivity contribution in [3.05, 3.63) is 12.2 Å². The summed E-state index contributed by atoms with van der Waals surface area (Å²) in [5, 5.41) is 72.1. The average Bonchev–Trinajstić information content (AvgIpc) is 3.31. The number of hydrogen-bond acceptors (Lipinski definition) is 14. The highest BCUT2D eigenvalue weighted by Crippen LogP contribution is 2.26. The van der Waals surface area contributed by atoms with E-state index in [2.05, 4.69) is 26.0 Å². The van der Waals surface area contributed by atoms with E-state index in [1.54, 1.807) is 0 Å². The zero-order valence-electron chi connectivity index (χ0n) is 41.4. The largest absolute Gasteiger partial charge is 0.457 e. The quantitative estimate of drug-likeness (QED) is 0.0174. The van der Waals surface area contributed by atoms with Crippen LogP contribution in [0.25, 0.3) is 0 Å². The molecule has 0 aromatic heterocycles. The van der Waals surface area contributed by atoms with E-state index in [0.717, 1.165) is 57.8 Å². The third-order valence-corrected chi connectivity index (χ3v) is 13.0. The minimum absolute atomic E-state index is 0.0641. The molecular formula is C52H98O14. The van der Waals surface area contributed by atoms with E-state index in [-0.39, 0.29) is 25.6 Å². The summed E-state index contributed by atoms with van der Waals surface area (Å²) in [6.45, 7) is 3.71. The Morgan fingerprint density at radius 3 is 1.38 bits per heavy atom. The van der Waals surface area contributed by atoms with Crippen molar-refractivity contribution in [1.29, 1.82) is 0 Å². The molecule has 11 unspecified atom stereocenters. The summed E-state index contributed by atoms with van der Waals surface area (Å²) < 4.78 is 34.3. The molecule has 0 aromatic rings. The Bertz CT molecular complexity index is 1140. The van der Waals surface area contributed by atoms with E-state index in [1.165, 1.54) is 128 Å². The fourth-order valence-electron chi connectivity index (χ4n) is 8.63. The Kier molecular flexibility index (Phi) is 37.3. The number of carbonyl (C=O) groups is 1. The van der Waals surface area contributed by atoms with Crippen LogP contribution in [0.1, 0.15) is 213 Å². The van der Waals surface area contributed by atoms with Gasteiger partial charge in [0.1, 0.15) is 54.9 Å². The van der Waals surface area contributed by atoms with Gasteiger partial charge in [0, 0.05) is 13.0 Å². The molecule has 2 rings (SSSR count). The lowest BCUT2D eigenvalue weighted by atomic mass is 9.98. The molecule has 2 aliphatic rings. The topological polar surface area (TPSA) is 214 Å². The molecule has 11 atom stereocenters. The molecule has 0 amide bonds. The maximum atomic E-state index is 13.0. The second-order valence-corrected chi connectivity index (χ2v) is 19.1. The van der Waals surface area contributed by atoms with E-state index in [1.807, 2.05) is 0 Å². The second kappa shape index (κ2) is 40.5. The number of hydrogen-bond donors (Lipinski definition) is 7. The Labute approximate surface area is 399 Å². The van der Waals surface area contributed by atoms with Gasteiger partial charge < -0.3 is 64.2 Å². The van der Waals surface area contributed by atoms with E-state index < -0.39 is 80.7 Å². The van der Waals surface area contributed by atoms with Crippen molar-refractivity contribution in [2.24, 2.45) is 0 Å². The molecule has 2 aliphatic heterocycles. The molecule has 0 bridgehead atoms. The summed E-state index contributed by atoms with van der Waals surface area (Å²) in [7, 11) is 0. The smallest absolute Gasteiger partial charge is 0.306 e. The second-order valence-electron chi connectivity index (χ2n) is 19.1. The van der Waals surface area contributed by atoms with Crippen LogP contribution in [-0.2, 0) is 33.2 Å². The van der Waals surface area contributed by atoms with Crippen molar-refractivity contribution in [2.45, 2.75) is 280 Å². The molecule has 0 aliphatic carbocycles. The van der Waals surface area contributed by atoms with E-state index in [4.69, 9.17) is 28.4 Å². The highest BCUT2D eigenvalue weighted by Gasteiger charge is 2.47. The SMILES string of the molecule is CCCCCCCCC/C=C\CCCCCCCC(=O)OC(COCCCCCCCCCCCCCCCCCC)COC1OC(COC2OC(CO)C(O)C(O)C2O)C(O)C(O)C1O. The van der Waals surface area contributed by atoms with E-state index in [9.17, 15) is 40.5 Å². The molecule has 2 heterocycles. The first-order valence-corrected chi connectivity index (χ1v) is 26.8. The summed E-state index contributed by atoms with van der Waals surface area (Å²) in [4.78, 5) is 13.0. The zero-order chi connectivity index (χ0) is 48.0. The van der Waals surface area contributed by atoms with Crippen LogP contribution in [0.5, 0.6) is 0 Å². The molecule has 0 aromatic carbocycles. The summed E-state index contributed by atoms with van der Waals surface area (Å²) in [5.74, 6) is -0.380. The lowest BCUT2D eigenvalue weighted by Crippen LogP contribution is -2.61. The normalized spacial score (nSPS) is 26.3. The number of aliphatic hydroxyl groups is 7. The Morgan fingerprint density at radius 1 is 0.485 bits per heavy atom. The summed E-state index contributed by atoms with van der Waals surface area (Å²) in [6.07, 6.45) is 25.5. The van der Waals surface area contributed by atoms with Gasteiger partial charge in [-0.1, -0.05) is 180 Å². The first-order valence-electron chi connectivity index (χ1n) is 26.8. The van der Waals surface area contributed by atoms with Crippen LogP contribution in [0, 0.1) is 0 Å². The number of allylic oxidation sites excluding steroid dienone is 2. The molecule has 2 fully saturated rings. The maximum absolute atomic E-state index is 13.0. The van der Waals surface area contributed by atoms with Crippen LogP contribution in [0.3, 0.4) is 0 Å². The lowest BCUT2D eigenvalue weighted by Gasteiger charge is -2.42. The summed E-state index contributed by atoms with van der Waals surface area (Å²) in [6, 6.07) is 0. The molecule has 0 saturated carbocycles. The average molecular weight is 947 g/mol. The van der Waals surface area contributed by atoms with Gasteiger partial charge in [0.15, 0.2) is 12.6 Å². The van der Waals surface area contributed by atoms with Crippen molar-refractivity contribution < 1.29 is 69.0 Å². The van der Waals surface area contributed by atoms with E-state index >= 15 is 0 Å². The Morgan fingerprint density at radius 2 is 0.894 bits per heavy atom. The number of esters is 1. The van der Waals surface area contributed by atoms with Gasteiger partial charge in [-0.3, -0.25) is 4.79 Å².